The zero-order chi connectivity index (χ0) is 14.4. The third kappa shape index (κ3) is 3.87. The number of hydrogen-bond donors (Lipinski definition) is 2. The second kappa shape index (κ2) is 6.63. The number of benzene rings is 1. The number of amides is 2. The molecule has 0 spiro atoms. The van der Waals surface area contributed by atoms with Gasteiger partial charge in [-0.05, 0) is 25.1 Å². The quantitative estimate of drug-likeness (QED) is 0.818. The standard InChI is InChI=1S/C13H18N2O4/c1-4-14-12(17)8-15(2)13(18)10-7-9(19-3)5-6-11(10)16/h5-7,16H,4,8H2,1-3H3,(H,14,17). The molecule has 104 valence electrons. The Morgan fingerprint density at radius 2 is 2.11 bits per heavy atom. The molecule has 0 heterocycles. The van der Waals surface area contributed by atoms with Crippen molar-refractivity contribution in [2.75, 3.05) is 27.2 Å². The summed E-state index contributed by atoms with van der Waals surface area (Å²) in [6.07, 6.45) is 0. The minimum atomic E-state index is -0.442. The summed E-state index contributed by atoms with van der Waals surface area (Å²) in [7, 11) is 2.97. The Morgan fingerprint density at radius 1 is 1.42 bits per heavy atom. The average Bonchev–Trinajstić information content (AvgIpc) is 2.38. The van der Waals surface area contributed by atoms with Gasteiger partial charge in [0.1, 0.15) is 11.5 Å². The number of ether oxygens (including phenoxy) is 1. The molecule has 2 N–H and O–H groups in total. The number of hydrogen-bond acceptors (Lipinski definition) is 4. The lowest BCUT2D eigenvalue weighted by Crippen LogP contribution is -2.38. The fraction of sp³-hybridized carbons (Fsp3) is 0.385. The monoisotopic (exact) mass is 266 g/mol. The number of aromatic hydroxyl groups is 1. The van der Waals surface area contributed by atoms with Crippen molar-refractivity contribution >= 4 is 11.8 Å². The average molecular weight is 266 g/mol. The van der Waals surface area contributed by atoms with Gasteiger partial charge in [0.05, 0.1) is 19.2 Å². The van der Waals surface area contributed by atoms with Crippen molar-refractivity contribution in [1.82, 2.24) is 10.2 Å². The summed E-state index contributed by atoms with van der Waals surface area (Å²) in [5, 5.41) is 12.3. The minimum absolute atomic E-state index is 0.0661. The molecule has 0 aliphatic rings. The highest BCUT2D eigenvalue weighted by molar-refractivity contribution is 5.98. The number of phenols is 1. The van der Waals surface area contributed by atoms with E-state index < -0.39 is 5.91 Å². The second-order valence-corrected chi connectivity index (χ2v) is 4.00. The zero-order valence-electron chi connectivity index (χ0n) is 11.3. The normalized spacial score (nSPS) is 9.84. The predicted molar refractivity (Wildman–Crippen MR) is 70.3 cm³/mol. The summed E-state index contributed by atoms with van der Waals surface area (Å²) in [5.41, 5.74) is 0.103. The van der Waals surface area contributed by atoms with Gasteiger partial charge in [-0.25, -0.2) is 0 Å². The highest BCUT2D eigenvalue weighted by Gasteiger charge is 2.18. The molecule has 1 aromatic rings. The molecule has 0 saturated carbocycles. The van der Waals surface area contributed by atoms with E-state index in [0.29, 0.717) is 12.3 Å². The maximum Gasteiger partial charge on any atom is 0.257 e. The Kier molecular flexibility index (Phi) is 5.17. The lowest BCUT2D eigenvalue weighted by molar-refractivity contribution is -0.121. The van der Waals surface area contributed by atoms with E-state index in [0.717, 1.165) is 0 Å². The van der Waals surface area contributed by atoms with Crippen molar-refractivity contribution in [3.05, 3.63) is 23.8 Å². The Hall–Kier alpha value is -2.24. The number of likely N-dealkylation sites (N-methyl/N-ethyl adjacent to an activating group) is 2. The van der Waals surface area contributed by atoms with E-state index in [1.54, 1.807) is 13.0 Å². The van der Waals surface area contributed by atoms with Crippen LogP contribution in [0.15, 0.2) is 18.2 Å². The number of methoxy groups -OCH3 is 1. The van der Waals surface area contributed by atoms with Gasteiger partial charge >= 0.3 is 0 Å². The first-order valence-corrected chi connectivity index (χ1v) is 5.88. The molecule has 6 nitrogen and oxygen atoms in total. The molecule has 19 heavy (non-hydrogen) atoms. The van der Waals surface area contributed by atoms with E-state index in [9.17, 15) is 14.7 Å². The summed E-state index contributed by atoms with van der Waals surface area (Å²) in [4.78, 5) is 24.7. The third-order valence-corrected chi connectivity index (χ3v) is 2.54. The highest BCUT2D eigenvalue weighted by atomic mass is 16.5. The molecule has 0 unspecified atom stereocenters. The Labute approximate surface area is 112 Å². The molecule has 0 aliphatic heterocycles. The topological polar surface area (TPSA) is 78.9 Å². The zero-order valence-corrected chi connectivity index (χ0v) is 11.3. The molecule has 0 fully saturated rings. The van der Waals surface area contributed by atoms with Crippen molar-refractivity contribution in [2.45, 2.75) is 6.92 Å². The van der Waals surface area contributed by atoms with Gasteiger partial charge in [-0.3, -0.25) is 9.59 Å². The van der Waals surface area contributed by atoms with Gasteiger partial charge in [0.15, 0.2) is 0 Å². The third-order valence-electron chi connectivity index (χ3n) is 2.54. The van der Waals surface area contributed by atoms with Crippen LogP contribution >= 0.6 is 0 Å². The number of rotatable bonds is 5. The van der Waals surface area contributed by atoms with Gasteiger partial charge in [0, 0.05) is 13.6 Å². The maximum atomic E-state index is 12.1. The molecule has 1 rings (SSSR count). The van der Waals surface area contributed by atoms with Crippen LogP contribution in [0.4, 0.5) is 0 Å². The van der Waals surface area contributed by atoms with Gasteiger partial charge in [-0.15, -0.1) is 0 Å². The largest absolute Gasteiger partial charge is 0.507 e. The SMILES string of the molecule is CCNC(=O)CN(C)C(=O)c1cc(OC)ccc1O. The van der Waals surface area contributed by atoms with Gasteiger partial charge in [-0.2, -0.15) is 0 Å². The Balaban J connectivity index is 2.84. The molecule has 0 radical (unpaired) electrons. The van der Waals surface area contributed by atoms with Crippen molar-refractivity contribution < 1.29 is 19.4 Å². The van der Waals surface area contributed by atoms with E-state index in [1.807, 2.05) is 0 Å². The molecular formula is C13H18N2O4. The fourth-order valence-corrected chi connectivity index (χ4v) is 1.56. The number of carbonyl (C=O) groups excluding carboxylic acids is 2. The fourth-order valence-electron chi connectivity index (χ4n) is 1.56. The summed E-state index contributed by atoms with van der Waals surface area (Å²) in [6.45, 7) is 2.24. The van der Waals surface area contributed by atoms with E-state index in [2.05, 4.69) is 5.32 Å². The summed E-state index contributed by atoms with van der Waals surface area (Å²) < 4.78 is 5.00. The molecule has 2 amide bonds. The van der Waals surface area contributed by atoms with Crippen molar-refractivity contribution in [3.8, 4) is 11.5 Å². The number of nitrogens with one attached hydrogen (secondary N) is 1. The van der Waals surface area contributed by atoms with Gasteiger partial charge in [-0.1, -0.05) is 0 Å². The number of carbonyl (C=O) groups is 2. The molecule has 0 saturated heterocycles. The molecule has 1 aromatic carbocycles. The Morgan fingerprint density at radius 3 is 2.68 bits per heavy atom. The predicted octanol–water partition coefficient (Wildman–Crippen LogP) is 0.609. The molecule has 0 atom stereocenters. The Bertz CT molecular complexity index is 474. The first-order chi connectivity index (χ1) is 8.99. The van der Waals surface area contributed by atoms with Gasteiger partial charge in [0.25, 0.3) is 5.91 Å². The van der Waals surface area contributed by atoms with Crippen LogP contribution in [-0.4, -0.2) is 49.1 Å². The van der Waals surface area contributed by atoms with Crippen LogP contribution in [-0.2, 0) is 4.79 Å². The van der Waals surface area contributed by atoms with E-state index >= 15 is 0 Å². The van der Waals surface area contributed by atoms with Crippen molar-refractivity contribution in [2.24, 2.45) is 0 Å². The van der Waals surface area contributed by atoms with Gasteiger partial charge in [0.2, 0.25) is 5.91 Å². The first kappa shape index (κ1) is 14.8. The highest BCUT2D eigenvalue weighted by Crippen LogP contribution is 2.23. The van der Waals surface area contributed by atoms with Crippen molar-refractivity contribution in [1.29, 1.82) is 0 Å². The molecule has 0 aromatic heterocycles. The van der Waals surface area contributed by atoms with Crippen LogP contribution in [0.2, 0.25) is 0 Å². The summed E-state index contributed by atoms with van der Waals surface area (Å²) >= 11 is 0. The molecule has 6 heteroatoms. The van der Waals surface area contributed by atoms with Crippen LogP contribution in [0.5, 0.6) is 11.5 Å². The van der Waals surface area contributed by atoms with Gasteiger partial charge < -0.3 is 20.1 Å². The van der Waals surface area contributed by atoms with Crippen molar-refractivity contribution in [3.63, 3.8) is 0 Å². The summed E-state index contributed by atoms with van der Waals surface area (Å²) in [5.74, 6) is -0.371. The smallest absolute Gasteiger partial charge is 0.257 e. The van der Waals surface area contributed by atoms with Crippen LogP contribution in [0.25, 0.3) is 0 Å². The van der Waals surface area contributed by atoms with Crippen LogP contribution < -0.4 is 10.1 Å². The molecule has 0 bridgehead atoms. The second-order valence-electron chi connectivity index (χ2n) is 4.00. The maximum absolute atomic E-state index is 12.1. The molecular weight excluding hydrogens is 248 g/mol. The van der Waals surface area contributed by atoms with E-state index in [1.165, 1.54) is 31.2 Å². The minimum Gasteiger partial charge on any atom is -0.507 e. The molecule has 0 aliphatic carbocycles. The number of nitrogens with zero attached hydrogens (tertiary/aromatic N) is 1. The lowest BCUT2D eigenvalue weighted by atomic mass is 10.1. The first-order valence-electron chi connectivity index (χ1n) is 5.88. The van der Waals surface area contributed by atoms with Crippen LogP contribution in [0.1, 0.15) is 17.3 Å². The summed E-state index contributed by atoms with van der Waals surface area (Å²) in [6, 6.07) is 4.37. The van der Waals surface area contributed by atoms with E-state index in [-0.39, 0.29) is 23.8 Å². The van der Waals surface area contributed by atoms with E-state index in [4.69, 9.17) is 4.74 Å². The number of phenolic OH excluding ortho intramolecular Hbond substituents is 1. The van der Waals surface area contributed by atoms with Crippen LogP contribution in [0, 0.1) is 0 Å². The lowest BCUT2D eigenvalue weighted by Gasteiger charge is -2.17. The van der Waals surface area contributed by atoms with Crippen LogP contribution in [0.3, 0.4) is 0 Å².